The molecule has 1 aliphatic rings. The van der Waals surface area contributed by atoms with Crippen molar-refractivity contribution in [3.05, 3.63) is 53.9 Å². The highest BCUT2D eigenvalue weighted by atomic mass is 16.5. The van der Waals surface area contributed by atoms with Gasteiger partial charge in [0, 0.05) is 12.4 Å². The number of aliphatic imine (C=N–C) groups is 1. The Labute approximate surface area is 123 Å². The first-order valence-corrected chi connectivity index (χ1v) is 6.91. The first kappa shape index (κ1) is 13.6. The highest BCUT2D eigenvalue weighted by molar-refractivity contribution is 5.89. The van der Waals surface area contributed by atoms with Crippen molar-refractivity contribution in [2.24, 2.45) is 10.7 Å². The summed E-state index contributed by atoms with van der Waals surface area (Å²) in [4.78, 5) is 8.60. The van der Waals surface area contributed by atoms with Crippen LogP contribution in [0.15, 0.2) is 47.7 Å². The van der Waals surface area contributed by atoms with E-state index in [-0.39, 0.29) is 12.1 Å². The monoisotopic (exact) mass is 282 g/mol. The molecule has 1 aromatic heterocycles. The second-order valence-corrected chi connectivity index (χ2v) is 5.03. The molecular weight excluding hydrogens is 264 g/mol. The van der Waals surface area contributed by atoms with Gasteiger partial charge in [0.2, 0.25) is 0 Å². The Morgan fingerprint density at radius 3 is 2.86 bits per heavy atom. The lowest BCUT2D eigenvalue weighted by Crippen LogP contribution is -2.33. The van der Waals surface area contributed by atoms with Crippen molar-refractivity contribution in [2.45, 2.75) is 19.1 Å². The lowest BCUT2D eigenvalue weighted by atomic mass is 9.99. The number of benzene rings is 1. The summed E-state index contributed by atoms with van der Waals surface area (Å²) >= 11 is 0. The summed E-state index contributed by atoms with van der Waals surface area (Å²) in [6.45, 7) is 1.89. The molecule has 5 nitrogen and oxygen atoms in total. The summed E-state index contributed by atoms with van der Waals surface area (Å²) in [5.41, 5.74) is 8.83. The largest absolute Gasteiger partial charge is 0.481 e. The van der Waals surface area contributed by atoms with Crippen molar-refractivity contribution in [3.8, 4) is 5.75 Å². The highest BCUT2D eigenvalue weighted by Gasteiger charge is 2.20. The fourth-order valence-electron chi connectivity index (χ4n) is 2.45. The zero-order chi connectivity index (χ0) is 14.8. The van der Waals surface area contributed by atoms with Crippen LogP contribution >= 0.6 is 0 Å². The average molecular weight is 282 g/mol. The first-order valence-electron chi connectivity index (χ1n) is 6.91. The molecule has 3 N–H and O–H groups in total. The number of aromatic nitrogens is 1. The van der Waals surface area contributed by atoms with E-state index in [0.717, 1.165) is 22.6 Å². The molecule has 0 amide bonds. The number of nitrogens with zero attached hydrogens (tertiary/aromatic N) is 2. The summed E-state index contributed by atoms with van der Waals surface area (Å²) < 4.78 is 5.73. The summed E-state index contributed by atoms with van der Waals surface area (Å²) in [5, 5.41) is 3.30. The molecule has 0 radical (unpaired) electrons. The van der Waals surface area contributed by atoms with E-state index in [9.17, 15) is 0 Å². The molecule has 1 aromatic carbocycles. The maximum Gasteiger partial charge on any atom is 0.153 e. The van der Waals surface area contributed by atoms with Crippen molar-refractivity contribution < 1.29 is 4.74 Å². The molecule has 0 bridgehead atoms. The van der Waals surface area contributed by atoms with E-state index >= 15 is 0 Å². The molecule has 108 valence electrons. The van der Waals surface area contributed by atoms with Gasteiger partial charge in [-0.3, -0.25) is 4.98 Å². The van der Waals surface area contributed by atoms with E-state index in [2.05, 4.69) is 15.3 Å². The van der Waals surface area contributed by atoms with Crippen LogP contribution in [-0.4, -0.2) is 24.0 Å². The SMILES string of the molecule is CNC(c1cccnc1)c1ccc2c(c1)N=C(N)C(C)O2. The third-order valence-corrected chi connectivity index (χ3v) is 3.59. The Hall–Kier alpha value is -2.40. The minimum Gasteiger partial charge on any atom is -0.481 e. The van der Waals surface area contributed by atoms with Crippen molar-refractivity contribution in [2.75, 3.05) is 7.05 Å². The molecule has 3 rings (SSSR count). The van der Waals surface area contributed by atoms with Gasteiger partial charge in [-0.2, -0.15) is 0 Å². The second-order valence-electron chi connectivity index (χ2n) is 5.03. The van der Waals surface area contributed by atoms with Crippen LogP contribution in [0, 0.1) is 0 Å². The summed E-state index contributed by atoms with van der Waals surface area (Å²) in [6.07, 6.45) is 3.45. The predicted octanol–water partition coefficient (Wildman–Crippen LogP) is 2.16. The van der Waals surface area contributed by atoms with Gasteiger partial charge < -0.3 is 15.8 Å². The molecule has 1 aliphatic heterocycles. The lowest BCUT2D eigenvalue weighted by molar-refractivity contribution is 0.281. The van der Waals surface area contributed by atoms with Crippen LogP contribution in [0.2, 0.25) is 0 Å². The van der Waals surface area contributed by atoms with Crippen molar-refractivity contribution >= 4 is 11.5 Å². The molecule has 2 atom stereocenters. The smallest absolute Gasteiger partial charge is 0.153 e. The van der Waals surface area contributed by atoms with Gasteiger partial charge in [0.15, 0.2) is 6.10 Å². The minimum absolute atomic E-state index is 0.0553. The fraction of sp³-hybridized carbons (Fsp3) is 0.250. The zero-order valence-corrected chi connectivity index (χ0v) is 12.1. The molecule has 0 saturated heterocycles. The molecule has 0 saturated carbocycles. The molecule has 0 fully saturated rings. The van der Waals surface area contributed by atoms with Gasteiger partial charge in [0.25, 0.3) is 0 Å². The topological polar surface area (TPSA) is 72.5 Å². The van der Waals surface area contributed by atoms with Crippen LogP contribution in [0.3, 0.4) is 0 Å². The summed E-state index contributed by atoms with van der Waals surface area (Å²) in [6, 6.07) is 10.0. The number of nitrogens with one attached hydrogen (secondary N) is 1. The lowest BCUT2D eigenvalue weighted by Gasteiger charge is -2.23. The molecule has 2 unspecified atom stereocenters. The van der Waals surface area contributed by atoms with Crippen molar-refractivity contribution in [1.29, 1.82) is 0 Å². The third kappa shape index (κ3) is 2.60. The van der Waals surface area contributed by atoms with Gasteiger partial charge in [0.1, 0.15) is 17.3 Å². The van der Waals surface area contributed by atoms with Crippen LogP contribution in [0.5, 0.6) is 5.75 Å². The Kier molecular flexibility index (Phi) is 3.58. The molecule has 2 aromatic rings. The van der Waals surface area contributed by atoms with Crippen LogP contribution in [-0.2, 0) is 0 Å². The number of pyridine rings is 1. The predicted molar refractivity (Wildman–Crippen MR) is 83.0 cm³/mol. The van der Waals surface area contributed by atoms with Gasteiger partial charge in [-0.1, -0.05) is 12.1 Å². The fourth-order valence-corrected chi connectivity index (χ4v) is 2.45. The number of hydrogen-bond donors (Lipinski definition) is 2. The number of hydrogen-bond acceptors (Lipinski definition) is 5. The van der Waals surface area contributed by atoms with Crippen LogP contribution < -0.4 is 15.8 Å². The Balaban J connectivity index is 2.00. The van der Waals surface area contributed by atoms with Gasteiger partial charge in [-0.25, -0.2) is 4.99 Å². The van der Waals surface area contributed by atoms with Gasteiger partial charge in [-0.15, -0.1) is 0 Å². The van der Waals surface area contributed by atoms with Crippen molar-refractivity contribution in [1.82, 2.24) is 10.3 Å². The third-order valence-electron chi connectivity index (χ3n) is 3.59. The molecular formula is C16H18N4O. The summed E-state index contributed by atoms with van der Waals surface area (Å²) in [7, 11) is 1.92. The van der Waals surface area contributed by atoms with Crippen LogP contribution in [0.1, 0.15) is 24.1 Å². The van der Waals surface area contributed by atoms with E-state index in [0.29, 0.717) is 5.84 Å². The normalized spacial score (nSPS) is 18.4. The zero-order valence-electron chi connectivity index (χ0n) is 12.1. The number of rotatable bonds is 3. The van der Waals surface area contributed by atoms with Gasteiger partial charge in [-0.05, 0) is 43.3 Å². The number of fused-ring (bicyclic) bond motifs is 1. The van der Waals surface area contributed by atoms with Crippen LogP contribution in [0.25, 0.3) is 0 Å². The highest BCUT2D eigenvalue weighted by Crippen LogP contribution is 2.35. The van der Waals surface area contributed by atoms with E-state index in [1.165, 1.54) is 0 Å². The van der Waals surface area contributed by atoms with E-state index < -0.39 is 0 Å². The maximum atomic E-state index is 5.86. The number of amidine groups is 1. The maximum absolute atomic E-state index is 5.86. The Morgan fingerprint density at radius 2 is 2.14 bits per heavy atom. The Morgan fingerprint density at radius 1 is 1.29 bits per heavy atom. The standard InChI is InChI=1S/C16H18N4O/c1-10-16(17)20-13-8-11(5-6-14(13)21-10)15(18-2)12-4-3-7-19-9-12/h3-10,15,18H,1-2H3,(H2,17,20). The summed E-state index contributed by atoms with van der Waals surface area (Å²) in [5.74, 6) is 1.27. The molecule has 2 heterocycles. The van der Waals surface area contributed by atoms with Gasteiger partial charge >= 0.3 is 0 Å². The molecule has 0 aliphatic carbocycles. The van der Waals surface area contributed by atoms with Crippen LogP contribution in [0.4, 0.5) is 5.69 Å². The molecule has 21 heavy (non-hydrogen) atoms. The number of nitrogens with two attached hydrogens (primary N) is 1. The van der Waals surface area contributed by atoms with Crippen molar-refractivity contribution in [3.63, 3.8) is 0 Å². The van der Waals surface area contributed by atoms with E-state index in [4.69, 9.17) is 10.5 Å². The Bertz CT molecular complexity index is 669. The first-order chi connectivity index (χ1) is 10.2. The minimum atomic E-state index is -0.179. The molecule has 0 spiro atoms. The van der Waals surface area contributed by atoms with Gasteiger partial charge in [0.05, 0.1) is 6.04 Å². The van der Waals surface area contributed by atoms with E-state index in [1.54, 1.807) is 6.20 Å². The quantitative estimate of drug-likeness (QED) is 0.905. The molecule has 5 heteroatoms. The van der Waals surface area contributed by atoms with E-state index in [1.807, 2.05) is 50.5 Å². The average Bonchev–Trinajstić information content (AvgIpc) is 2.50. The second kappa shape index (κ2) is 5.54. The number of ether oxygens (including phenoxy) is 1.